The summed E-state index contributed by atoms with van der Waals surface area (Å²) in [6.07, 6.45) is 2.09. The summed E-state index contributed by atoms with van der Waals surface area (Å²) in [7, 11) is 0. The molecule has 0 fully saturated rings. The third-order valence-corrected chi connectivity index (χ3v) is 4.19. The summed E-state index contributed by atoms with van der Waals surface area (Å²) < 4.78 is 5.71. The highest BCUT2D eigenvalue weighted by atomic mass is 79.9. The molecule has 0 saturated carbocycles. The molecule has 1 amide bonds. The van der Waals surface area contributed by atoms with E-state index in [-0.39, 0.29) is 11.4 Å². The van der Waals surface area contributed by atoms with Crippen LogP contribution in [0.4, 0.5) is 0 Å². The van der Waals surface area contributed by atoms with E-state index in [0.717, 1.165) is 29.5 Å². The Bertz CT molecular complexity index is 438. The van der Waals surface area contributed by atoms with Gasteiger partial charge in [-0.15, -0.1) is 0 Å². The van der Waals surface area contributed by atoms with Crippen LogP contribution in [0.3, 0.4) is 0 Å². The summed E-state index contributed by atoms with van der Waals surface area (Å²) in [5, 5.41) is 4.01. The first-order valence-electron chi connectivity index (χ1n) is 6.70. The second kappa shape index (κ2) is 5.95. The minimum Gasteiger partial charge on any atom is -0.480 e. The average molecular weight is 326 g/mol. The molecule has 0 aromatic heterocycles. The molecule has 0 aliphatic carbocycles. The molecule has 3 nitrogen and oxygen atoms in total. The van der Waals surface area contributed by atoms with E-state index >= 15 is 0 Å². The summed E-state index contributed by atoms with van der Waals surface area (Å²) in [6.45, 7) is 4.17. The van der Waals surface area contributed by atoms with Crippen LogP contribution in [-0.4, -0.2) is 22.9 Å². The summed E-state index contributed by atoms with van der Waals surface area (Å²) in [5.41, 5.74) is 0.944. The van der Waals surface area contributed by atoms with Crippen molar-refractivity contribution in [2.24, 2.45) is 0 Å². The first-order valence-corrected chi connectivity index (χ1v) is 7.82. The van der Waals surface area contributed by atoms with Gasteiger partial charge in [0.1, 0.15) is 5.75 Å². The van der Waals surface area contributed by atoms with Crippen LogP contribution in [0.2, 0.25) is 0 Å². The molecule has 1 aromatic carbocycles. The van der Waals surface area contributed by atoms with Gasteiger partial charge in [-0.3, -0.25) is 4.79 Å². The number of rotatable bonds is 5. The Morgan fingerprint density at radius 2 is 2.26 bits per heavy atom. The van der Waals surface area contributed by atoms with Gasteiger partial charge in [-0.2, -0.15) is 0 Å². The number of fused-ring (bicyclic) bond motifs is 1. The molecule has 2 rings (SSSR count). The van der Waals surface area contributed by atoms with E-state index in [2.05, 4.69) is 35.1 Å². The number of carbonyl (C=O) groups excluding carboxylic acids is 1. The van der Waals surface area contributed by atoms with Gasteiger partial charge in [-0.05, 0) is 31.4 Å². The fraction of sp³-hybridized carbons (Fsp3) is 0.533. The van der Waals surface area contributed by atoms with Crippen molar-refractivity contribution < 1.29 is 9.53 Å². The Hall–Kier alpha value is -1.03. The number of hydrogen-bond acceptors (Lipinski definition) is 2. The van der Waals surface area contributed by atoms with Crippen LogP contribution in [0.25, 0.3) is 0 Å². The van der Waals surface area contributed by atoms with E-state index in [1.807, 2.05) is 24.3 Å². The van der Waals surface area contributed by atoms with E-state index < -0.39 is 6.10 Å². The zero-order valence-corrected chi connectivity index (χ0v) is 13.0. The highest BCUT2D eigenvalue weighted by molar-refractivity contribution is 9.09. The van der Waals surface area contributed by atoms with Crippen LogP contribution < -0.4 is 10.1 Å². The number of halogens is 1. The predicted molar refractivity (Wildman–Crippen MR) is 79.8 cm³/mol. The van der Waals surface area contributed by atoms with Gasteiger partial charge in [0, 0.05) is 17.3 Å². The van der Waals surface area contributed by atoms with Crippen molar-refractivity contribution in [2.45, 2.75) is 44.8 Å². The van der Waals surface area contributed by atoms with Crippen LogP contribution in [0.15, 0.2) is 24.3 Å². The van der Waals surface area contributed by atoms with Crippen molar-refractivity contribution in [3.63, 3.8) is 0 Å². The monoisotopic (exact) mass is 325 g/mol. The normalized spacial score (nSPS) is 20.3. The minimum atomic E-state index is -0.390. The number of para-hydroxylation sites is 1. The zero-order chi connectivity index (χ0) is 13.9. The van der Waals surface area contributed by atoms with Crippen molar-refractivity contribution in [3.8, 4) is 5.75 Å². The Morgan fingerprint density at radius 1 is 1.53 bits per heavy atom. The quantitative estimate of drug-likeness (QED) is 0.845. The first-order chi connectivity index (χ1) is 9.08. The molecule has 2 atom stereocenters. The SMILES string of the molecule is CCC(C)(CCBr)NC(=O)C1Cc2ccccc2O1. The van der Waals surface area contributed by atoms with E-state index in [0.29, 0.717) is 6.42 Å². The number of benzene rings is 1. The molecule has 104 valence electrons. The van der Waals surface area contributed by atoms with Crippen molar-refractivity contribution in [3.05, 3.63) is 29.8 Å². The number of hydrogen-bond donors (Lipinski definition) is 1. The summed E-state index contributed by atoms with van der Waals surface area (Å²) >= 11 is 3.44. The lowest BCUT2D eigenvalue weighted by molar-refractivity contribution is -0.129. The van der Waals surface area contributed by atoms with Gasteiger partial charge in [0.25, 0.3) is 5.91 Å². The van der Waals surface area contributed by atoms with Crippen molar-refractivity contribution in [2.75, 3.05) is 5.33 Å². The predicted octanol–water partition coefficient (Wildman–Crippen LogP) is 3.06. The number of amides is 1. The second-order valence-corrected chi connectivity index (χ2v) is 6.05. The molecule has 1 aliphatic rings. The molecule has 1 heterocycles. The van der Waals surface area contributed by atoms with Crippen LogP contribution >= 0.6 is 15.9 Å². The van der Waals surface area contributed by atoms with Gasteiger partial charge >= 0.3 is 0 Å². The maximum atomic E-state index is 12.3. The standard InChI is InChI=1S/C15H20BrNO2/c1-3-15(2,8-9-16)17-14(18)13-10-11-6-4-5-7-12(11)19-13/h4-7,13H,3,8-10H2,1-2H3,(H,17,18). The summed E-state index contributed by atoms with van der Waals surface area (Å²) in [5.74, 6) is 0.822. The van der Waals surface area contributed by atoms with E-state index in [4.69, 9.17) is 4.74 Å². The lowest BCUT2D eigenvalue weighted by atomic mass is 9.95. The highest BCUT2D eigenvalue weighted by Crippen LogP contribution is 2.28. The van der Waals surface area contributed by atoms with Crippen molar-refractivity contribution >= 4 is 21.8 Å². The van der Waals surface area contributed by atoms with Crippen LogP contribution in [0.5, 0.6) is 5.75 Å². The fourth-order valence-corrected chi connectivity index (χ4v) is 3.12. The van der Waals surface area contributed by atoms with Gasteiger partial charge in [-0.1, -0.05) is 41.1 Å². The Balaban J connectivity index is 1.99. The molecule has 0 bridgehead atoms. The van der Waals surface area contributed by atoms with Gasteiger partial charge in [0.2, 0.25) is 0 Å². The van der Waals surface area contributed by atoms with Crippen LogP contribution in [0, 0.1) is 0 Å². The number of nitrogens with one attached hydrogen (secondary N) is 1. The summed E-state index contributed by atoms with van der Waals surface area (Å²) in [6, 6.07) is 7.84. The van der Waals surface area contributed by atoms with Crippen molar-refractivity contribution in [1.29, 1.82) is 0 Å². The van der Waals surface area contributed by atoms with E-state index in [1.165, 1.54) is 0 Å². The largest absolute Gasteiger partial charge is 0.480 e. The number of carbonyl (C=O) groups is 1. The molecule has 0 saturated heterocycles. The smallest absolute Gasteiger partial charge is 0.261 e. The lowest BCUT2D eigenvalue weighted by Gasteiger charge is -2.30. The number of ether oxygens (including phenoxy) is 1. The van der Waals surface area contributed by atoms with Gasteiger partial charge < -0.3 is 10.1 Å². The molecular weight excluding hydrogens is 306 g/mol. The van der Waals surface area contributed by atoms with Gasteiger partial charge in [0.15, 0.2) is 6.10 Å². The van der Waals surface area contributed by atoms with Gasteiger partial charge in [-0.25, -0.2) is 0 Å². The molecule has 19 heavy (non-hydrogen) atoms. The topological polar surface area (TPSA) is 38.3 Å². The molecule has 1 N–H and O–H groups in total. The fourth-order valence-electron chi connectivity index (χ4n) is 2.24. The van der Waals surface area contributed by atoms with Crippen LogP contribution in [-0.2, 0) is 11.2 Å². The molecule has 1 aromatic rings. The molecule has 1 aliphatic heterocycles. The van der Waals surface area contributed by atoms with Crippen LogP contribution in [0.1, 0.15) is 32.3 Å². The first kappa shape index (κ1) is 14.4. The minimum absolute atomic E-state index is 0.0125. The third-order valence-electron chi connectivity index (χ3n) is 3.79. The average Bonchev–Trinajstić information content (AvgIpc) is 2.83. The van der Waals surface area contributed by atoms with E-state index in [9.17, 15) is 4.79 Å². The molecule has 2 unspecified atom stereocenters. The molecular formula is C15H20BrNO2. The Labute approximate surface area is 122 Å². The maximum Gasteiger partial charge on any atom is 0.261 e. The maximum absolute atomic E-state index is 12.3. The molecule has 0 spiro atoms. The molecule has 4 heteroatoms. The highest BCUT2D eigenvalue weighted by Gasteiger charge is 2.32. The number of alkyl halides is 1. The zero-order valence-electron chi connectivity index (χ0n) is 11.4. The van der Waals surface area contributed by atoms with Crippen molar-refractivity contribution in [1.82, 2.24) is 5.32 Å². The molecule has 0 radical (unpaired) electrons. The van der Waals surface area contributed by atoms with Gasteiger partial charge in [0.05, 0.1) is 0 Å². The summed E-state index contributed by atoms with van der Waals surface area (Å²) in [4.78, 5) is 12.3. The Kier molecular flexibility index (Phi) is 4.50. The van der Waals surface area contributed by atoms with E-state index in [1.54, 1.807) is 0 Å². The lowest BCUT2D eigenvalue weighted by Crippen LogP contribution is -2.50. The second-order valence-electron chi connectivity index (χ2n) is 5.26. The Morgan fingerprint density at radius 3 is 2.89 bits per heavy atom. The third kappa shape index (κ3) is 3.30.